The topological polar surface area (TPSA) is 106 Å². The Morgan fingerprint density at radius 3 is 2.64 bits per heavy atom. The lowest BCUT2D eigenvalue weighted by molar-refractivity contribution is 0.0697. The summed E-state index contributed by atoms with van der Waals surface area (Å²) in [6, 6.07) is 15.6. The number of nitrogens with zero attached hydrogens (tertiary/aromatic N) is 2. The molecule has 0 aliphatic carbocycles. The Kier molecular flexibility index (Phi) is 6.25. The maximum atomic E-state index is 11.1. The molecule has 0 saturated carbocycles. The number of methoxy groups -OCH3 is 1. The predicted octanol–water partition coefficient (Wildman–Crippen LogP) is 3.42. The minimum atomic E-state index is -0.981. The first-order valence-electron chi connectivity index (χ1n) is 8.58. The van der Waals surface area contributed by atoms with Gasteiger partial charge in [0.25, 0.3) is 0 Å². The molecule has 0 atom stereocenters. The lowest BCUT2D eigenvalue weighted by Gasteiger charge is -2.10. The van der Waals surface area contributed by atoms with Crippen LogP contribution in [0.15, 0.2) is 60.8 Å². The second-order valence-electron chi connectivity index (χ2n) is 5.73. The van der Waals surface area contributed by atoms with Crippen LogP contribution in [-0.2, 0) is 0 Å². The van der Waals surface area contributed by atoms with Crippen molar-refractivity contribution in [1.29, 1.82) is 0 Å². The number of benzene rings is 2. The van der Waals surface area contributed by atoms with Crippen LogP contribution in [0.1, 0.15) is 10.4 Å². The van der Waals surface area contributed by atoms with Gasteiger partial charge in [-0.15, -0.1) is 0 Å². The molecule has 3 rings (SSSR count). The number of nitrogens with one attached hydrogen (secondary N) is 2. The fraction of sp³-hybridized carbons (Fsp3) is 0.150. The van der Waals surface area contributed by atoms with Gasteiger partial charge in [0, 0.05) is 11.9 Å². The molecule has 0 aliphatic rings. The van der Waals surface area contributed by atoms with Crippen LogP contribution in [0, 0.1) is 0 Å². The molecular weight excluding hydrogens is 360 g/mol. The molecule has 2 aromatic carbocycles. The van der Waals surface area contributed by atoms with E-state index in [9.17, 15) is 4.79 Å². The highest BCUT2D eigenvalue weighted by Crippen LogP contribution is 2.18. The van der Waals surface area contributed by atoms with E-state index in [0.29, 0.717) is 30.6 Å². The third-order valence-corrected chi connectivity index (χ3v) is 3.75. The summed E-state index contributed by atoms with van der Waals surface area (Å²) >= 11 is 0. The Bertz CT molecular complexity index is 931. The minimum absolute atomic E-state index is 0.202. The molecule has 3 aromatic rings. The molecule has 8 heteroatoms. The van der Waals surface area contributed by atoms with E-state index >= 15 is 0 Å². The summed E-state index contributed by atoms with van der Waals surface area (Å²) in [7, 11) is 1.62. The van der Waals surface area contributed by atoms with Gasteiger partial charge in [-0.05, 0) is 48.5 Å². The van der Waals surface area contributed by atoms with Crippen molar-refractivity contribution in [3.05, 3.63) is 66.4 Å². The second-order valence-corrected chi connectivity index (χ2v) is 5.73. The van der Waals surface area contributed by atoms with Crippen LogP contribution in [0.25, 0.3) is 0 Å². The largest absolute Gasteiger partial charge is 0.497 e. The van der Waals surface area contributed by atoms with Crippen molar-refractivity contribution in [1.82, 2.24) is 9.97 Å². The first-order valence-corrected chi connectivity index (χ1v) is 8.58. The molecule has 0 fully saturated rings. The summed E-state index contributed by atoms with van der Waals surface area (Å²) in [5, 5.41) is 15.2. The number of ether oxygens (including phenoxy) is 2. The van der Waals surface area contributed by atoms with Gasteiger partial charge in [-0.2, -0.15) is 4.98 Å². The van der Waals surface area contributed by atoms with Gasteiger partial charge in [0.1, 0.15) is 23.9 Å². The standard InChI is InChI=1S/C20H20N4O4/c1-27-16-5-7-17(8-6-16)28-12-11-22-20-21-10-9-18(24-20)23-15-4-2-3-14(13-15)19(25)26/h2-10,13H,11-12H2,1H3,(H,25,26)(H2,21,22,23,24). The lowest BCUT2D eigenvalue weighted by Crippen LogP contribution is -2.13. The molecular formula is C20H20N4O4. The predicted molar refractivity (Wildman–Crippen MR) is 106 cm³/mol. The zero-order chi connectivity index (χ0) is 19.8. The van der Waals surface area contributed by atoms with Crippen LogP contribution in [0.4, 0.5) is 17.5 Å². The first kappa shape index (κ1) is 19.0. The van der Waals surface area contributed by atoms with Gasteiger partial charge < -0.3 is 25.2 Å². The van der Waals surface area contributed by atoms with Gasteiger partial charge in [-0.1, -0.05) is 6.07 Å². The van der Waals surface area contributed by atoms with Gasteiger partial charge in [-0.3, -0.25) is 0 Å². The summed E-state index contributed by atoms with van der Waals surface area (Å²) in [4.78, 5) is 19.6. The molecule has 0 amide bonds. The van der Waals surface area contributed by atoms with E-state index < -0.39 is 5.97 Å². The number of carboxylic acid groups (broad SMARTS) is 1. The highest BCUT2D eigenvalue weighted by Gasteiger charge is 2.05. The summed E-state index contributed by atoms with van der Waals surface area (Å²) in [5.74, 6) is 1.54. The molecule has 28 heavy (non-hydrogen) atoms. The molecule has 0 unspecified atom stereocenters. The van der Waals surface area contributed by atoms with Crippen LogP contribution in [0.5, 0.6) is 11.5 Å². The number of hydrogen-bond acceptors (Lipinski definition) is 7. The van der Waals surface area contributed by atoms with Crippen LogP contribution in [0.2, 0.25) is 0 Å². The summed E-state index contributed by atoms with van der Waals surface area (Å²) in [5.41, 5.74) is 0.834. The van der Waals surface area contributed by atoms with E-state index in [1.54, 1.807) is 37.6 Å². The molecule has 144 valence electrons. The summed E-state index contributed by atoms with van der Waals surface area (Å²) < 4.78 is 10.7. The van der Waals surface area contributed by atoms with Crippen molar-refractivity contribution in [3.63, 3.8) is 0 Å². The minimum Gasteiger partial charge on any atom is -0.497 e. The van der Waals surface area contributed by atoms with Gasteiger partial charge in [0.15, 0.2) is 0 Å². The van der Waals surface area contributed by atoms with Crippen molar-refractivity contribution >= 4 is 23.4 Å². The van der Waals surface area contributed by atoms with E-state index in [-0.39, 0.29) is 5.56 Å². The van der Waals surface area contributed by atoms with Crippen molar-refractivity contribution in [2.45, 2.75) is 0 Å². The lowest BCUT2D eigenvalue weighted by atomic mass is 10.2. The number of rotatable bonds is 9. The molecule has 0 bridgehead atoms. The van der Waals surface area contributed by atoms with Gasteiger partial charge in [-0.25, -0.2) is 9.78 Å². The highest BCUT2D eigenvalue weighted by molar-refractivity contribution is 5.89. The molecule has 0 aliphatic heterocycles. The Hall–Kier alpha value is -3.81. The van der Waals surface area contributed by atoms with Gasteiger partial charge in [0.2, 0.25) is 5.95 Å². The zero-order valence-corrected chi connectivity index (χ0v) is 15.3. The number of anilines is 3. The van der Waals surface area contributed by atoms with E-state index in [4.69, 9.17) is 14.6 Å². The van der Waals surface area contributed by atoms with E-state index in [0.717, 1.165) is 11.5 Å². The number of carboxylic acids is 1. The molecule has 0 spiro atoms. The Labute approximate surface area is 162 Å². The van der Waals surface area contributed by atoms with Gasteiger partial charge >= 0.3 is 5.97 Å². The fourth-order valence-corrected chi connectivity index (χ4v) is 2.40. The van der Waals surface area contributed by atoms with Crippen LogP contribution < -0.4 is 20.1 Å². The summed E-state index contributed by atoms with van der Waals surface area (Å²) in [6.45, 7) is 0.956. The molecule has 0 saturated heterocycles. The van der Waals surface area contributed by atoms with Crippen molar-refractivity contribution in [3.8, 4) is 11.5 Å². The Morgan fingerprint density at radius 2 is 1.89 bits per heavy atom. The molecule has 0 radical (unpaired) electrons. The fourth-order valence-electron chi connectivity index (χ4n) is 2.40. The first-order chi connectivity index (χ1) is 13.6. The number of aromatic carboxylic acids is 1. The van der Waals surface area contributed by atoms with Crippen molar-refractivity contribution < 1.29 is 19.4 Å². The normalized spacial score (nSPS) is 10.2. The molecule has 1 heterocycles. The average Bonchev–Trinajstić information content (AvgIpc) is 2.72. The molecule has 8 nitrogen and oxygen atoms in total. The monoisotopic (exact) mass is 380 g/mol. The molecule has 3 N–H and O–H groups in total. The Balaban J connectivity index is 1.51. The number of hydrogen-bond donors (Lipinski definition) is 3. The quantitative estimate of drug-likeness (QED) is 0.485. The van der Waals surface area contributed by atoms with Crippen LogP contribution >= 0.6 is 0 Å². The maximum absolute atomic E-state index is 11.1. The maximum Gasteiger partial charge on any atom is 0.335 e. The average molecular weight is 380 g/mol. The second kappa shape index (κ2) is 9.22. The van der Waals surface area contributed by atoms with Crippen LogP contribution in [-0.4, -0.2) is 41.3 Å². The van der Waals surface area contributed by atoms with Gasteiger partial charge in [0.05, 0.1) is 19.2 Å². The smallest absolute Gasteiger partial charge is 0.335 e. The molecule has 1 aromatic heterocycles. The van der Waals surface area contributed by atoms with E-state index in [2.05, 4.69) is 20.6 Å². The zero-order valence-electron chi connectivity index (χ0n) is 15.3. The van der Waals surface area contributed by atoms with Crippen molar-refractivity contribution in [2.75, 3.05) is 30.9 Å². The highest BCUT2D eigenvalue weighted by atomic mass is 16.5. The number of aromatic nitrogens is 2. The Morgan fingerprint density at radius 1 is 1.11 bits per heavy atom. The van der Waals surface area contributed by atoms with Crippen molar-refractivity contribution in [2.24, 2.45) is 0 Å². The summed E-state index contributed by atoms with van der Waals surface area (Å²) in [6.07, 6.45) is 1.61. The third-order valence-electron chi connectivity index (χ3n) is 3.75. The van der Waals surface area contributed by atoms with E-state index in [1.165, 1.54) is 6.07 Å². The SMILES string of the molecule is COc1ccc(OCCNc2nccc(Nc3cccc(C(=O)O)c3)n2)cc1. The van der Waals surface area contributed by atoms with Crippen LogP contribution in [0.3, 0.4) is 0 Å². The number of carbonyl (C=O) groups is 1. The van der Waals surface area contributed by atoms with E-state index in [1.807, 2.05) is 24.3 Å². The third kappa shape index (κ3) is 5.34.